The van der Waals surface area contributed by atoms with Crippen LogP contribution in [0.1, 0.15) is 43.6 Å². The lowest BCUT2D eigenvalue weighted by atomic mass is 9.76. The molecule has 0 fully saturated rings. The van der Waals surface area contributed by atoms with Crippen molar-refractivity contribution < 1.29 is 9.90 Å². The number of nitrogens with zero attached hydrogens (tertiary/aromatic N) is 1. The lowest BCUT2D eigenvalue weighted by Crippen LogP contribution is -2.22. The first-order valence-electron chi connectivity index (χ1n) is 5.75. The largest absolute Gasteiger partial charge is 0.481 e. The average molecular weight is 222 g/mol. The van der Waals surface area contributed by atoms with Gasteiger partial charge in [-0.05, 0) is 30.2 Å². The highest BCUT2D eigenvalue weighted by atomic mass is 16.4. The molecule has 2 N–H and O–H groups in total. The Bertz CT molecular complexity index is 407. The van der Waals surface area contributed by atoms with Crippen molar-refractivity contribution >= 4 is 5.97 Å². The first-order valence-corrected chi connectivity index (χ1v) is 5.75. The molecule has 0 aliphatic heterocycles. The minimum Gasteiger partial charge on any atom is -0.481 e. The molecule has 0 saturated heterocycles. The van der Waals surface area contributed by atoms with E-state index in [4.69, 9.17) is 5.11 Å². The van der Waals surface area contributed by atoms with Crippen LogP contribution in [0.5, 0.6) is 0 Å². The smallest absolute Gasteiger partial charge is 0.303 e. The van der Waals surface area contributed by atoms with E-state index in [1.165, 1.54) is 11.3 Å². The Hall–Kier alpha value is -1.32. The van der Waals surface area contributed by atoms with Gasteiger partial charge in [-0.25, -0.2) is 0 Å². The van der Waals surface area contributed by atoms with Gasteiger partial charge in [-0.3, -0.25) is 9.89 Å². The fourth-order valence-electron chi connectivity index (χ4n) is 2.35. The molecule has 0 atom stereocenters. The van der Waals surface area contributed by atoms with Gasteiger partial charge in [0.15, 0.2) is 0 Å². The zero-order chi connectivity index (χ0) is 11.8. The number of hydrogen-bond donors (Lipinski definition) is 2. The molecule has 1 aliphatic rings. The van der Waals surface area contributed by atoms with Crippen molar-refractivity contribution in [1.82, 2.24) is 10.2 Å². The van der Waals surface area contributed by atoms with Crippen LogP contribution in [0.4, 0.5) is 0 Å². The second-order valence-electron chi connectivity index (χ2n) is 5.36. The van der Waals surface area contributed by atoms with E-state index in [9.17, 15) is 4.79 Å². The van der Waals surface area contributed by atoms with E-state index in [-0.39, 0.29) is 6.42 Å². The highest BCUT2D eigenvalue weighted by molar-refractivity contribution is 5.67. The second-order valence-corrected chi connectivity index (χ2v) is 5.36. The number of nitrogens with one attached hydrogen (secondary N) is 1. The number of fused-ring (bicyclic) bond motifs is 1. The summed E-state index contributed by atoms with van der Waals surface area (Å²) in [4.78, 5) is 10.5. The highest BCUT2D eigenvalue weighted by Crippen LogP contribution is 2.35. The second kappa shape index (κ2) is 3.92. The molecular formula is C12H18N2O2. The lowest BCUT2D eigenvalue weighted by Gasteiger charge is -2.29. The molecule has 1 aromatic rings. The number of carboxylic acid groups (broad SMARTS) is 1. The van der Waals surface area contributed by atoms with Crippen LogP contribution >= 0.6 is 0 Å². The molecule has 0 saturated carbocycles. The topological polar surface area (TPSA) is 66.0 Å². The van der Waals surface area contributed by atoms with E-state index < -0.39 is 5.97 Å². The molecule has 0 radical (unpaired) electrons. The Morgan fingerprint density at radius 2 is 2.31 bits per heavy atom. The number of aromatic nitrogens is 2. The Morgan fingerprint density at radius 1 is 1.56 bits per heavy atom. The summed E-state index contributed by atoms with van der Waals surface area (Å²) < 4.78 is 0. The fraction of sp³-hybridized carbons (Fsp3) is 0.667. The highest BCUT2D eigenvalue weighted by Gasteiger charge is 2.28. The van der Waals surface area contributed by atoms with Crippen LogP contribution in [0, 0.1) is 5.41 Å². The Morgan fingerprint density at radius 3 is 3.00 bits per heavy atom. The molecule has 4 heteroatoms. The Kier molecular flexibility index (Phi) is 2.74. The summed E-state index contributed by atoms with van der Waals surface area (Å²) in [5.74, 6) is -0.757. The minimum absolute atomic E-state index is 0.167. The van der Waals surface area contributed by atoms with E-state index in [2.05, 4.69) is 24.0 Å². The van der Waals surface area contributed by atoms with E-state index in [0.717, 1.165) is 25.0 Å². The third-order valence-electron chi connectivity index (χ3n) is 3.32. The lowest BCUT2D eigenvalue weighted by molar-refractivity contribution is -0.136. The maximum atomic E-state index is 10.5. The predicted octanol–water partition coefficient (Wildman–Crippen LogP) is 1.94. The predicted molar refractivity (Wildman–Crippen MR) is 60.4 cm³/mol. The molecule has 1 aliphatic carbocycles. The SMILES string of the molecule is CC1(C)CCc2c(CCC(=O)O)n[nH]c2C1. The van der Waals surface area contributed by atoms with E-state index >= 15 is 0 Å². The molecule has 2 rings (SSSR count). The van der Waals surface area contributed by atoms with Crippen molar-refractivity contribution in [2.24, 2.45) is 5.41 Å². The van der Waals surface area contributed by atoms with Gasteiger partial charge in [0.25, 0.3) is 0 Å². The van der Waals surface area contributed by atoms with Crippen LogP contribution in [0.25, 0.3) is 0 Å². The first-order chi connectivity index (χ1) is 7.48. The summed E-state index contributed by atoms with van der Waals surface area (Å²) in [6.07, 6.45) is 3.90. The molecule has 16 heavy (non-hydrogen) atoms. The van der Waals surface area contributed by atoms with Gasteiger partial charge in [0, 0.05) is 12.1 Å². The number of carbonyl (C=O) groups is 1. The van der Waals surface area contributed by atoms with Crippen LogP contribution in [0.2, 0.25) is 0 Å². The van der Waals surface area contributed by atoms with E-state index in [1.54, 1.807) is 0 Å². The Labute approximate surface area is 95.1 Å². The van der Waals surface area contributed by atoms with Gasteiger partial charge in [-0.2, -0.15) is 5.10 Å². The van der Waals surface area contributed by atoms with Gasteiger partial charge in [-0.1, -0.05) is 13.8 Å². The molecular weight excluding hydrogens is 204 g/mol. The monoisotopic (exact) mass is 222 g/mol. The zero-order valence-electron chi connectivity index (χ0n) is 9.84. The molecule has 0 unspecified atom stereocenters. The summed E-state index contributed by atoms with van der Waals surface area (Å²) in [5, 5.41) is 16.0. The summed E-state index contributed by atoms with van der Waals surface area (Å²) in [6.45, 7) is 4.52. The van der Waals surface area contributed by atoms with Gasteiger partial charge in [0.1, 0.15) is 0 Å². The molecule has 4 nitrogen and oxygen atoms in total. The molecule has 0 spiro atoms. The van der Waals surface area contributed by atoms with E-state index in [0.29, 0.717) is 11.8 Å². The molecule has 0 amide bonds. The quantitative estimate of drug-likeness (QED) is 0.821. The fourth-order valence-corrected chi connectivity index (χ4v) is 2.35. The van der Waals surface area contributed by atoms with Crippen LogP contribution < -0.4 is 0 Å². The molecule has 0 bridgehead atoms. The standard InChI is InChI=1S/C12H18N2O2/c1-12(2)6-5-8-9(3-4-11(15)16)13-14-10(8)7-12/h3-7H2,1-2H3,(H,13,14)(H,15,16). The summed E-state index contributed by atoms with van der Waals surface area (Å²) in [5.41, 5.74) is 3.76. The van der Waals surface area contributed by atoms with Crippen molar-refractivity contribution in [1.29, 1.82) is 0 Å². The number of rotatable bonds is 3. The number of aliphatic carboxylic acids is 1. The van der Waals surface area contributed by atoms with Crippen LogP contribution in [0.15, 0.2) is 0 Å². The zero-order valence-corrected chi connectivity index (χ0v) is 9.84. The van der Waals surface area contributed by atoms with Crippen LogP contribution in [-0.2, 0) is 24.1 Å². The molecule has 1 heterocycles. The molecule has 1 aromatic heterocycles. The molecule has 88 valence electrons. The minimum atomic E-state index is -0.757. The first kappa shape index (κ1) is 11.2. The maximum Gasteiger partial charge on any atom is 0.303 e. The molecule has 0 aromatic carbocycles. The van der Waals surface area contributed by atoms with Gasteiger partial charge in [0.05, 0.1) is 12.1 Å². The number of carboxylic acids is 1. The van der Waals surface area contributed by atoms with Gasteiger partial charge >= 0.3 is 5.97 Å². The van der Waals surface area contributed by atoms with Crippen LogP contribution in [-0.4, -0.2) is 21.3 Å². The van der Waals surface area contributed by atoms with Crippen molar-refractivity contribution in [2.45, 2.75) is 46.0 Å². The van der Waals surface area contributed by atoms with Crippen molar-refractivity contribution in [3.05, 3.63) is 17.0 Å². The maximum absolute atomic E-state index is 10.5. The van der Waals surface area contributed by atoms with Crippen LogP contribution in [0.3, 0.4) is 0 Å². The van der Waals surface area contributed by atoms with Crippen molar-refractivity contribution in [3.63, 3.8) is 0 Å². The summed E-state index contributed by atoms with van der Waals surface area (Å²) >= 11 is 0. The van der Waals surface area contributed by atoms with Gasteiger partial charge < -0.3 is 5.11 Å². The van der Waals surface area contributed by atoms with Crippen molar-refractivity contribution in [2.75, 3.05) is 0 Å². The number of hydrogen-bond acceptors (Lipinski definition) is 2. The van der Waals surface area contributed by atoms with Crippen molar-refractivity contribution in [3.8, 4) is 0 Å². The third-order valence-corrected chi connectivity index (χ3v) is 3.32. The number of H-pyrrole nitrogens is 1. The number of aromatic amines is 1. The Balaban J connectivity index is 2.13. The van der Waals surface area contributed by atoms with E-state index in [1.807, 2.05) is 0 Å². The van der Waals surface area contributed by atoms with Gasteiger partial charge in [-0.15, -0.1) is 0 Å². The number of aryl methyl sites for hydroxylation is 1. The third kappa shape index (κ3) is 2.26. The summed E-state index contributed by atoms with van der Waals surface area (Å²) in [7, 11) is 0. The summed E-state index contributed by atoms with van der Waals surface area (Å²) in [6, 6.07) is 0. The normalized spacial score (nSPS) is 18.1. The average Bonchev–Trinajstić information content (AvgIpc) is 2.55. The van der Waals surface area contributed by atoms with Gasteiger partial charge in [0.2, 0.25) is 0 Å².